The molecular formula is C23H24ClN3O4. The molecule has 1 atom stereocenters. The van der Waals surface area contributed by atoms with Gasteiger partial charge in [-0.1, -0.05) is 17.7 Å². The van der Waals surface area contributed by atoms with Gasteiger partial charge in [0.1, 0.15) is 5.75 Å². The minimum atomic E-state index is -0.490. The fourth-order valence-corrected chi connectivity index (χ4v) is 4.36. The summed E-state index contributed by atoms with van der Waals surface area (Å²) >= 11 is 6.37. The Bertz CT molecular complexity index is 1060. The summed E-state index contributed by atoms with van der Waals surface area (Å²) in [5, 5.41) is 3.25. The van der Waals surface area contributed by atoms with Crippen LogP contribution in [0.2, 0.25) is 5.02 Å². The van der Waals surface area contributed by atoms with E-state index in [1.807, 2.05) is 25.1 Å². The smallest absolute Gasteiger partial charge is 0.229 e. The Morgan fingerprint density at radius 2 is 1.90 bits per heavy atom. The van der Waals surface area contributed by atoms with Gasteiger partial charge in [0.15, 0.2) is 0 Å². The van der Waals surface area contributed by atoms with Crippen LogP contribution in [0.1, 0.15) is 24.8 Å². The summed E-state index contributed by atoms with van der Waals surface area (Å²) in [5.41, 5.74) is 2.86. The van der Waals surface area contributed by atoms with Crippen LogP contribution in [0.4, 0.5) is 17.1 Å². The van der Waals surface area contributed by atoms with Crippen LogP contribution in [-0.4, -0.2) is 37.9 Å². The first-order chi connectivity index (χ1) is 14.9. The van der Waals surface area contributed by atoms with E-state index in [4.69, 9.17) is 16.3 Å². The topological polar surface area (TPSA) is 79.0 Å². The molecule has 2 aromatic rings. The largest absolute Gasteiger partial charge is 0.495 e. The first-order valence-corrected chi connectivity index (χ1v) is 10.6. The lowest BCUT2D eigenvalue weighted by atomic mass is 10.1. The fourth-order valence-electron chi connectivity index (χ4n) is 4.08. The third-order valence-corrected chi connectivity index (χ3v) is 6.00. The van der Waals surface area contributed by atoms with E-state index in [0.717, 1.165) is 12.0 Å². The Labute approximate surface area is 185 Å². The van der Waals surface area contributed by atoms with Crippen molar-refractivity contribution in [1.29, 1.82) is 0 Å². The fraction of sp³-hybridized carbons (Fsp3) is 0.348. The van der Waals surface area contributed by atoms with Gasteiger partial charge in [0.2, 0.25) is 17.7 Å². The van der Waals surface area contributed by atoms with Crippen molar-refractivity contribution in [2.24, 2.45) is 5.92 Å². The Kier molecular flexibility index (Phi) is 5.87. The van der Waals surface area contributed by atoms with Gasteiger partial charge in [0.05, 0.1) is 29.4 Å². The summed E-state index contributed by atoms with van der Waals surface area (Å²) in [6.07, 6.45) is 1.45. The molecule has 3 amide bonds. The third-order valence-electron chi connectivity index (χ3n) is 5.70. The number of rotatable bonds is 5. The highest BCUT2D eigenvalue weighted by atomic mass is 35.5. The zero-order valence-electron chi connectivity index (χ0n) is 17.5. The van der Waals surface area contributed by atoms with Crippen molar-refractivity contribution in [3.63, 3.8) is 0 Å². The van der Waals surface area contributed by atoms with E-state index >= 15 is 0 Å². The lowest BCUT2D eigenvalue weighted by Crippen LogP contribution is -2.28. The van der Waals surface area contributed by atoms with Crippen LogP contribution < -0.4 is 19.9 Å². The average molecular weight is 442 g/mol. The lowest BCUT2D eigenvalue weighted by Gasteiger charge is -2.20. The number of halogens is 1. The van der Waals surface area contributed by atoms with Crippen molar-refractivity contribution >= 4 is 46.4 Å². The number of ether oxygens (including phenoxy) is 1. The first-order valence-electron chi connectivity index (χ1n) is 10.2. The number of nitrogens with one attached hydrogen (secondary N) is 1. The van der Waals surface area contributed by atoms with Crippen LogP contribution >= 0.6 is 11.6 Å². The number of hydrogen-bond donors (Lipinski definition) is 1. The van der Waals surface area contributed by atoms with Crippen LogP contribution in [0.15, 0.2) is 36.4 Å². The Balaban J connectivity index is 1.46. The normalized spacial score (nSPS) is 18.6. The number of carbonyl (C=O) groups excluding carboxylic acids is 3. The van der Waals surface area contributed by atoms with Gasteiger partial charge in [0.25, 0.3) is 0 Å². The minimum Gasteiger partial charge on any atom is -0.495 e. The predicted octanol–water partition coefficient (Wildman–Crippen LogP) is 3.78. The molecule has 0 aromatic heterocycles. The molecule has 0 unspecified atom stereocenters. The van der Waals surface area contributed by atoms with Crippen molar-refractivity contribution in [3.05, 3.63) is 47.0 Å². The van der Waals surface area contributed by atoms with Gasteiger partial charge < -0.3 is 19.9 Å². The van der Waals surface area contributed by atoms with Gasteiger partial charge in [-0.05, 0) is 49.2 Å². The Morgan fingerprint density at radius 1 is 1.10 bits per heavy atom. The maximum absolute atomic E-state index is 12.8. The minimum absolute atomic E-state index is 0.0508. The SMILES string of the molecule is COc1ccc(C)cc1N1C[C@@H](C(=O)Nc2ccc(N3CCCC3=O)c(Cl)c2)CC1=O. The highest BCUT2D eigenvalue weighted by Crippen LogP contribution is 2.35. The van der Waals surface area contributed by atoms with Crippen molar-refractivity contribution in [1.82, 2.24) is 0 Å². The van der Waals surface area contributed by atoms with Gasteiger partial charge in [-0.25, -0.2) is 0 Å². The van der Waals surface area contributed by atoms with E-state index in [1.165, 1.54) is 0 Å². The summed E-state index contributed by atoms with van der Waals surface area (Å²) in [6.45, 7) is 2.86. The molecule has 0 radical (unpaired) electrons. The second-order valence-corrected chi connectivity index (χ2v) is 8.29. The monoisotopic (exact) mass is 441 g/mol. The summed E-state index contributed by atoms with van der Waals surface area (Å²) in [5.74, 6) is -0.210. The van der Waals surface area contributed by atoms with Crippen LogP contribution in [-0.2, 0) is 14.4 Å². The molecule has 2 aromatic carbocycles. The van der Waals surface area contributed by atoms with E-state index in [1.54, 1.807) is 35.1 Å². The summed E-state index contributed by atoms with van der Waals surface area (Å²) < 4.78 is 5.39. The summed E-state index contributed by atoms with van der Waals surface area (Å²) in [6, 6.07) is 10.7. The molecule has 31 heavy (non-hydrogen) atoms. The molecule has 0 saturated carbocycles. The molecule has 2 saturated heterocycles. The van der Waals surface area contributed by atoms with Crippen LogP contribution in [0.5, 0.6) is 5.75 Å². The summed E-state index contributed by atoms with van der Waals surface area (Å²) in [4.78, 5) is 40.7. The van der Waals surface area contributed by atoms with Crippen LogP contribution in [0.25, 0.3) is 0 Å². The average Bonchev–Trinajstić information content (AvgIpc) is 3.33. The number of anilines is 3. The number of benzene rings is 2. The van der Waals surface area contributed by atoms with E-state index in [9.17, 15) is 14.4 Å². The van der Waals surface area contributed by atoms with E-state index in [-0.39, 0.29) is 30.7 Å². The van der Waals surface area contributed by atoms with Gasteiger partial charge in [0, 0.05) is 31.6 Å². The molecule has 8 heteroatoms. The highest BCUT2D eigenvalue weighted by Gasteiger charge is 2.36. The van der Waals surface area contributed by atoms with Crippen molar-refractivity contribution in [3.8, 4) is 5.75 Å². The molecule has 162 valence electrons. The highest BCUT2D eigenvalue weighted by molar-refractivity contribution is 6.34. The second kappa shape index (κ2) is 8.59. The number of nitrogens with zero attached hydrogens (tertiary/aromatic N) is 2. The van der Waals surface area contributed by atoms with Gasteiger partial charge in [-0.2, -0.15) is 0 Å². The van der Waals surface area contributed by atoms with Crippen molar-refractivity contribution in [2.75, 3.05) is 35.3 Å². The molecule has 7 nitrogen and oxygen atoms in total. The quantitative estimate of drug-likeness (QED) is 0.765. The lowest BCUT2D eigenvalue weighted by molar-refractivity contribution is -0.122. The van der Waals surface area contributed by atoms with E-state index in [2.05, 4.69) is 5.32 Å². The zero-order valence-corrected chi connectivity index (χ0v) is 18.2. The molecule has 2 heterocycles. The maximum atomic E-state index is 12.8. The van der Waals surface area contributed by atoms with Gasteiger partial charge >= 0.3 is 0 Å². The van der Waals surface area contributed by atoms with E-state index < -0.39 is 5.92 Å². The maximum Gasteiger partial charge on any atom is 0.229 e. The van der Waals surface area contributed by atoms with E-state index in [0.29, 0.717) is 40.8 Å². The Morgan fingerprint density at radius 3 is 2.58 bits per heavy atom. The second-order valence-electron chi connectivity index (χ2n) is 7.89. The number of carbonyl (C=O) groups is 3. The molecule has 0 aliphatic carbocycles. The summed E-state index contributed by atoms with van der Waals surface area (Å²) in [7, 11) is 1.56. The molecular weight excluding hydrogens is 418 g/mol. The molecule has 2 aliphatic heterocycles. The predicted molar refractivity (Wildman–Crippen MR) is 120 cm³/mol. The van der Waals surface area contributed by atoms with Crippen LogP contribution in [0, 0.1) is 12.8 Å². The standard InChI is InChI=1S/C23H24ClN3O4/c1-14-5-8-20(31-2)19(10-14)27-13-15(11-22(27)29)23(30)25-16-6-7-18(17(24)12-16)26-9-3-4-21(26)28/h5-8,10,12,15H,3-4,9,11,13H2,1-2H3,(H,25,30)/t15-/m0/s1. The Hall–Kier alpha value is -3.06. The van der Waals surface area contributed by atoms with Gasteiger partial charge in [-0.15, -0.1) is 0 Å². The van der Waals surface area contributed by atoms with Crippen molar-refractivity contribution in [2.45, 2.75) is 26.2 Å². The molecule has 1 N–H and O–H groups in total. The number of amides is 3. The first kappa shape index (κ1) is 21.2. The van der Waals surface area contributed by atoms with Crippen molar-refractivity contribution < 1.29 is 19.1 Å². The van der Waals surface area contributed by atoms with Crippen LogP contribution in [0.3, 0.4) is 0 Å². The number of hydrogen-bond acceptors (Lipinski definition) is 4. The molecule has 0 bridgehead atoms. The molecule has 4 rings (SSSR count). The molecule has 0 spiro atoms. The van der Waals surface area contributed by atoms with Gasteiger partial charge in [-0.3, -0.25) is 14.4 Å². The zero-order chi connectivity index (χ0) is 22.1. The molecule has 2 aliphatic rings. The molecule has 2 fully saturated rings. The number of aryl methyl sites for hydroxylation is 1. The number of methoxy groups -OCH3 is 1. The third kappa shape index (κ3) is 4.23.